The van der Waals surface area contributed by atoms with E-state index >= 15 is 0 Å². The Balaban J connectivity index is 1.73. The molecule has 1 saturated heterocycles. The van der Waals surface area contributed by atoms with Crippen molar-refractivity contribution >= 4 is 23.2 Å². The molecule has 6 nitrogen and oxygen atoms in total. The van der Waals surface area contributed by atoms with Gasteiger partial charge in [-0.2, -0.15) is 0 Å². The van der Waals surface area contributed by atoms with Gasteiger partial charge in [-0.25, -0.2) is 9.78 Å². The van der Waals surface area contributed by atoms with Gasteiger partial charge in [0.15, 0.2) is 6.04 Å². The highest BCUT2D eigenvalue weighted by molar-refractivity contribution is 7.09. The van der Waals surface area contributed by atoms with E-state index in [0.717, 1.165) is 17.8 Å². The lowest BCUT2D eigenvalue weighted by molar-refractivity contribution is -0.139. The van der Waals surface area contributed by atoms with Crippen LogP contribution in [0.15, 0.2) is 35.7 Å². The number of carboxylic acid groups (broad SMARTS) is 1. The van der Waals surface area contributed by atoms with Crippen LogP contribution in [0.2, 0.25) is 0 Å². The number of thiazole rings is 1. The van der Waals surface area contributed by atoms with Crippen molar-refractivity contribution in [3.63, 3.8) is 0 Å². The number of aromatic nitrogens is 1. The molecule has 1 aromatic carbocycles. The first-order chi connectivity index (χ1) is 11.1. The van der Waals surface area contributed by atoms with Crippen molar-refractivity contribution in [3.05, 3.63) is 52.0 Å². The first kappa shape index (κ1) is 15.6. The Morgan fingerprint density at radius 1 is 1.35 bits per heavy atom. The molecule has 2 aromatic rings. The van der Waals surface area contributed by atoms with Crippen LogP contribution in [0, 0.1) is 0 Å². The van der Waals surface area contributed by atoms with E-state index in [1.807, 2.05) is 0 Å². The topological polar surface area (TPSA) is 88.5 Å². The van der Waals surface area contributed by atoms with E-state index < -0.39 is 17.9 Å². The standard InChI is InChI=1S/C16H16N2O4S/c19-14(11-9-23-15(17-11)12-7-4-8-22-12)18-13(16(20)21)10-5-2-1-3-6-10/h1-3,5-6,9,12-13H,4,7-8H2,(H,18,19)(H,20,21)/t12?,13-/m0/s1. The molecule has 0 saturated carbocycles. The highest BCUT2D eigenvalue weighted by Crippen LogP contribution is 2.30. The monoisotopic (exact) mass is 332 g/mol. The highest BCUT2D eigenvalue weighted by Gasteiger charge is 2.26. The molecule has 1 unspecified atom stereocenters. The molecule has 1 amide bonds. The average Bonchev–Trinajstić information content (AvgIpc) is 3.23. The molecule has 7 heteroatoms. The SMILES string of the molecule is O=C(N[C@H](C(=O)O)c1ccccc1)c1csc(C2CCCO2)n1. The van der Waals surface area contributed by atoms with Crippen LogP contribution in [0.5, 0.6) is 0 Å². The van der Waals surface area contributed by atoms with Crippen molar-refractivity contribution in [1.82, 2.24) is 10.3 Å². The lowest BCUT2D eigenvalue weighted by Gasteiger charge is -2.14. The third-order valence-electron chi connectivity index (χ3n) is 3.61. The fourth-order valence-electron chi connectivity index (χ4n) is 2.45. The van der Waals surface area contributed by atoms with Gasteiger partial charge in [0.1, 0.15) is 16.8 Å². The van der Waals surface area contributed by atoms with Crippen LogP contribution < -0.4 is 5.32 Å². The number of amides is 1. The Morgan fingerprint density at radius 2 is 2.13 bits per heavy atom. The summed E-state index contributed by atoms with van der Waals surface area (Å²) in [5, 5.41) is 14.3. The van der Waals surface area contributed by atoms with Crippen molar-refractivity contribution < 1.29 is 19.4 Å². The Hall–Kier alpha value is -2.25. The average molecular weight is 332 g/mol. The zero-order valence-corrected chi connectivity index (χ0v) is 13.1. The molecule has 2 atom stereocenters. The summed E-state index contributed by atoms with van der Waals surface area (Å²) in [6, 6.07) is 7.48. The first-order valence-corrected chi connectivity index (χ1v) is 8.19. The number of hydrogen-bond donors (Lipinski definition) is 2. The fourth-order valence-corrected chi connectivity index (χ4v) is 3.33. The lowest BCUT2D eigenvalue weighted by Crippen LogP contribution is -2.33. The fraction of sp³-hybridized carbons (Fsp3) is 0.312. The molecule has 120 valence electrons. The number of nitrogens with one attached hydrogen (secondary N) is 1. The Morgan fingerprint density at radius 3 is 2.78 bits per heavy atom. The number of rotatable bonds is 5. The van der Waals surface area contributed by atoms with Gasteiger partial charge in [0, 0.05) is 12.0 Å². The molecule has 1 aliphatic rings. The van der Waals surface area contributed by atoms with Crippen LogP contribution in [-0.2, 0) is 9.53 Å². The van der Waals surface area contributed by atoms with E-state index in [2.05, 4.69) is 10.3 Å². The summed E-state index contributed by atoms with van der Waals surface area (Å²) in [7, 11) is 0. The second kappa shape index (κ2) is 6.89. The van der Waals surface area contributed by atoms with Gasteiger partial charge in [0.05, 0.1) is 0 Å². The minimum Gasteiger partial charge on any atom is -0.479 e. The molecule has 1 aliphatic heterocycles. The van der Waals surface area contributed by atoms with Gasteiger partial charge in [0.25, 0.3) is 5.91 Å². The third kappa shape index (κ3) is 3.57. The van der Waals surface area contributed by atoms with Crippen LogP contribution in [0.3, 0.4) is 0 Å². The number of carbonyl (C=O) groups is 2. The second-order valence-corrected chi connectivity index (χ2v) is 6.12. The van der Waals surface area contributed by atoms with E-state index in [-0.39, 0.29) is 11.8 Å². The van der Waals surface area contributed by atoms with Gasteiger partial charge in [-0.1, -0.05) is 30.3 Å². The molecular weight excluding hydrogens is 316 g/mol. The van der Waals surface area contributed by atoms with Gasteiger partial charge in [-0.3, -0.25) is 4.79 Å². The van der Waals surface area contributed by atoms with E-state index in [1.165, 1.54) is 11.3 Å². The van der Waals surface area contributed by atoms with Gasteiger partial charge >= 0.3 is 5.97 Å². The van der Waals surface area contributed by atoms with E-state index in [1.54, 1.807) is 35.7 Å². The third-order valence-corrected chi connectivity index (χ3v) is 4.55. The van der Waals surface area contributed by atoms with Gasteiger partial charge in [-0.05, 0) is 18.4 Å². The van der Waals surface area contributed by atoms with Gasteiger partial charge in [-0.15, -0.1) is 11.3 Å². The van der Waals surface area contributed by atoms with E-state index in [0.29, 0.717) is 12.2 Å². The molecule has 0 aliphatic carbocycles. The number of nitrogens with zero attached hydrogens (tertiary/aromatic N) is 1. The van der Waals surface area contributed by atoms with Gasteiger partial charge in [0.2, 0.25) is 0 Å². The van der Waals surface area contributed by atoms with Crippen molar-refractivity contribution in [2.24, 2.45) is 0 Å². The highest BCUT2D eigenvalue weighted by atomic mass is 32.1. The first-order valence-electron chi connectivity index (χ1n) is 7.31. The lowest BCUT2D eigenvalue weighted by atomic mass is 10.1. The van der Waals surface area contributed by atoms with Crippen molar-refractivity contribution in [2.75, 3.05) is 6.61 Å². The number of hydrogen-bond acceptors (Lipinski definition) is 5. The molecule has 0 bridgehead atoms. The Kier molecular flexibility index (Phi) is 4.68. The maximum absolute atomic E-state index is 12.3. The summed E-state index contributed by atoms with van der Waals surface area (Å²) < 4.78 is 5.54. The summed E-state index contributed by atoms with van der Waals surface area (Å²) in [4.78, 5) is 28.0. The summed E-state index contributed by atoms with van der Waals surface area (Å²) >= 11 is 1.36. The van der Waals surface area contributed by atoms with Crippen LogP contribution in [-0.4, -0.2) is 28.6 Å². The van der Waals surface area contributed by atoms with Crippen molar-refractivity contribution in [3.8, 4) is 0 Å². The largest absolute Gasteiger partial charge is 0.479 e. The number of carbonyl (C=O) groups excluding carboxylic acids is 1. The summed E-state index contributed by atoms with van der Waals surface area (Å²) in [5.74, 6) is -1.61. The zero-order chi connectivity index (χ0) is 16.2. The number of carboxylic acids is 1. The normalized spacial score (nSPS) is 18.5. The van der Waals surface area contributed by atoms with Crippen LogP contribution >= 0.6 is 11.3 Å². The summed E-state index contributed by atoms with van der Waals surface area (Å²) in [6.07, 6.45) is 1.84. The Bertz CT molecular complexity index is 695. The zero-order valence-electron chi connectivity index (χ0n) is 12.3. The molecule has 23 heavy (non-hydrogen) atoms. The van der Waals surface area contributed by atoms with Crippen molar-refractivity contribution in [1.29, 1.82) is 0 Å². The number of aliphatic carboxylic acids is 1. The molecule has 3 rings (SSSR count). The molecule has 0 spiro atoms. The Labute approximate surface area is 137 Å². The quantitative estimate of drug-likeness (QED) is 0.878. The number of ether oxygens (including phenoxy) is 1. The van der Waals surface area contributed by atoms with Crippen molar-refractivity contribution in [2.45, 2.75) is 25.0 Å². The van der Waals surface area contributed by atoms with Crippen LogP contribution in [0.4, 0.5) is 0 Å². The number of benzene rings is 1. The maximum Gasteiger partial charge on any atom is 0.330 e. The summed E-state index contributed by atoms with van der Waals surface area (Å²) in [5.41, 5.74) is 0.741. The minimum absolute atomic E-state index is 0.0501. The smallest absolute Gasteiger partial charge is 0.330 e. The molecule has 1 fully saturated rings. The van der Waals surface area contributed by atoms with Gasteiger partial charge < -0.3 is 15.2 Å². The second-order valence-electron chi connectivity index (χ2n) is 5.23. The van der Waals surface area contributed by atoms with Crippen LogP contribution in [0.25, 0.3) is 0 Å². The van der Waals surface area contributed by atoms with E-state index in [9.17, 15) is 14.7 Å². The predicted octanol–water partition coefficient (Wildman–Crippen LogP) is 2.55. The molecule has 1 aromatic heterocycles. The predicted molar refractivity (Wildman–Crippen MR) is 84.3 cm³/mol. The maximum atomic E-state index is 12.3. The molecule has 2 N–H and O–H groups in total. The molecule has 2 heterocycles. The van der Waals surface area contributed by atoms with Crippen LogP contribution in [0.1, 0.15) is 46.0 Å². The minimum atomic E-state index is -1.11. The molecule has 0 radical (unpaired) electrons. The van der Waals surface area contributed by atoms with E-state index in [4.69, 9.17) is 4.74 Å². The molecular formula is C16H16N2O4S. The summed E-state index contributed by atoms with van der Waals surface area (Å²) in [6.45, 7) is 0.709.